The number of carbonyl (C=O) groups is 1. The lowest BCUT2D eigenvalue weighted by atomic mass is 9.93. The number of ether oxygens (including phenoxy) is 1. The number of hydrogen-bond donors (Lipinski definition) is 1. The van der Waals surface area contributed by atoms with Crippen LogP contribution in [0.2, 0.25) is 0 Å². The minimum absolute atomic E-state index is 0.0327. The van der Waals surface area contributed by atoms with Gasteiger partial charge in [-0.2, -0.15) is 0 Å². The Labute approximate surface area is 211 Å². The average Bonchev–Trinajstić information content (AvgIpc) is 3.56. The average molecular weight is 543 g/mol. The molecule has 3 aromatic rings. The Bertz CT molecular complexity index is 1380. The molecule has 2 aromatic carbocycles. The van der Waals surface area contributed by atoms with E-state index in [-0.39, 0.29) is 17.9 Å². The molecule has 0 radical (unpaired) electrons. The molecule has 0 spiro atoms. The van der Waals surface area contributed by atoms with Crippen LogP contribution in [0, 0.1) is 5.82 Å². The lowest BCUT2D eigenvalue weighted by molar-refractivity contribution is 0.00770. The smallest absolute Gasteiger partial charge is 0.410 e. The van der Waals surface area contributed by atoms with Gasteiger partial charge in [-0.1, -0.05) is 28.1 Å². The summed E-state index contributed by atoms with van der Waals surface area (Å²) in [5.41, 5.74) is 1.55. The number of carbonyl (C=O) groups excluding carboxylic acids is 1. The zero-order valence-electron chi connectivity index (χ0n) is 20.0. The topological polar surface area (TPSA) is 71.8 Å². The summed E-state index contributed by atoms with van der Waals surface area (Å²) in [6, 6.07) is 10.6. The first-order chi connectivity index (χ1) is 16.6. The fourth-order valence-corrected chi connectivity index (χ4v) is 5.18. The highest BCUT2D eigenvalue weighted by molar-refractivity contribution is 9.10. The molecule has 6 nitrogen and oxygen atoms in total. The fourth-order valence-electron chi connectivity index (χ4n) is 4.70. The number of aliphatic hydroxyl groups excluding tert-OH is 1. The summed E-state index contributed by atoms with van der Waals surface area (Å²) < 4.78 is 22.9. The molecule has 2 heterocycles. The summed E-state index contributed by atoms with van der Waals surface area (Å²) in [6.45, 7) is 5.93. The first-order valence-electron chi connectivity index (χ1n) is 11.8. The van der Waals surface area contributed by atoms with E-state index in [1.165, 1.54) is 10.6 Å². The Morgan fingerprint density at radius 3 is 2.51 bits per heavy atom. The third-order valence-corrected chi connectivity index (χ3v) is 7.36. The van der Waals surface area contributed by atoms with Crippen LogP contribution in [0.1, 0.15) is 62.3 Å². The molecule has 35 heavy (non-hydrogen) atoms. The van der Waals surface area contributed by atoms with Gasteiger partial charge in [-0.25, -0.2) is 9.18 Å². The molecule has 0 unspecified atom stereocenters. The van der Waals surface area contributed by atoms with E-state index in [4.69, 9.17) is 4.74 Å². The van der Waals surface area contributed by atoms with Gasteiger partial charge in [0.05, 0.1) is 17.7 Å². The number of hydrogen-bond acceptors (Lipinski definition) is 4. The molecule has 1 aromatic heterocycles. The molecule has 0 bridgehead atoms. The highest BCUT2D eigenvalue weighted by Gasteiger charge is 2.37. The second kappa shape index (κ2) is 8.75. The number of benzene rings is 2. The van der Waals surface area contributed by atoms with Crippen LogP contribution in [0.4, 0.5) is 9.18 Å². The van der Waals surface area contributed by atoms with Crippen LogP contribution >= 0.6 is 15.9 Å². The lowest BCUT2D eigenvalue weighted by Gasteiger charge is -2.40. The van der Waals surface area contributed by atoms with E-state index in [1.807, 2.05) is 32.9 Å². The molecule has 184 valence electrons. The summed E-state index contributed by atoms with van der Waals surface area (Å²) in [7, 11) is 0. The molecule has 1 saturated heterocycles. The van der Waals surface area contributed by atoms with E-state index >= 15 is 4.39 Å². The van der Waals surface area contributed by atoms with E-state index < -0.39 is 23.1 Å². The molecule has 1 aliphatic carbocycles. The van der Waals surface area contributed by atoms with Crippen LogP contribution in [-0.2, 0) is 11.3 Å². The highest BCUT2D eigenvalue weighted by atomic mass is 79.9. The van der Waals surface area contributed by atoms with Crippen LogP contribution in [0.3, 0.4) is 0 Å². The second-order valence-electron chi connectivity index (χ2n) is 10.4. The molecule has 8 heteroatoms. The van der Waals surface area contributed by atoms with Gasteiger partial charge in [-0.15, -0.1) is 0 Å². The molecule has 0 atom stereocenters. The van der Waals surface area contributed by atoms with Gasteiger partial charge < -0.3 is 14.7 Å². The maximum atomic E-state index is 15.3. The van der Waals surface area contributed by atoms with Gasteiger partial charge in [0.1, 0.15) is 11.4 Å². The molecule has 1 amide bonds. The van der Waals surface area contributed by atoms with Crippen molar-refractivity contribution in [3.05, 3.63) is 73.9 Å². The van der Waals surface area contributed by atoms with Gasteiger partial charge in [0.15, 0.2) is 0 Å². The van der Waals surface area contributed by atoms with Gasteiger partial charge in [-0.05, 0) is 74.7 Å². The predicted octanol–water partition coefficient (Wildman–Crippen LogP) is 5.60. The molecular formula is C27H28BrFN2O4. The third-order valence-electron chi connectivity index (χ3n) is 6.62. The van der Waals surface area contributed by atoms with Crippen molar-refractivity contribution < 1.29 is 19.0 Å². The minimum Gasteiger partial charge on any atom is -0.444 e. The van der Waals surface area contributed by atoms with Gasteiger partial charge in [-0.3, -0.25) is 9.36 Å². The number of fused-ring (bicyclic) bond motifs is 1. The molecule has 1 aliphatic heterocycles. The Morgan fingerprint density at radius 2 is 1.89 bits per heavy atom. The lowest BCUT2D eigenvalue weighted by Crippen LogP contribution is -2.51. The number of nitrogens with zero attached hydrogens (tertiary/aromatic N) is 2. The number of aromatic nitrogens is 1. The summed E-state index contributed by atoms with van der Waals surface area (Å²) in [6.07, 6.45) is 1.66. The van der Waals surface area contributed by atoms with Crippen molar-refractivity contribution in [1.82, 2.24) is 9.47 Å². The van der Waals surface area contributed by atoms with Crippen molar-refractivity contribution in [1.29, 1.82) is 0 Å². The number of rotatable bonds is 4. The van der Waals surface area contributed by atoms with Crippen LogP contribution in [0.15, 0.2) is 45.7 Å². The second-order valence-corrected chi connectivity index (χ2v) is 11.3. The van der Waals surface area contributed by atoms with Gasteiger partial charge in [0, 0.05) is 34.7 Å². The molecule has 2 aliphatic rings. The zero-order chi connectivity index (χ0) is 25.1. The summed E-state index contributed by atoms with van der Waals surface area (Å²) in [5, 5.41) is 10.7. The van der Waals surface area contributed by atoms with E-state index in [9.17, 15) is 14.7 Å². The first kappa shape index (κ1) is 24.0. The summed E-state index contributed by atoms with van der Waals surface area (Å²) in [5.74, 6) is -0.325. The Morgan fingerprint density at radius 1 is 1.17 bits per heavy atom. The normalized spacial score (nSPS) is 16.5. The van der Waals surface area contributed by atoms with Crippen LogP contribution in [-0.4, -0.2) is 39.4 Å². The highest BCUT2D eigenvalue weighted by Crippen LogP contribution is 2.42. The van der Waals surface area contributed by atoms with E-state index in [1.54, 1.807) is 23.1 Å². The Kier molecular flexibility index (Phi) is 6.00. The Balaban J connectivity index is 1.64. The van der Waals surface area contributed by atoms with Gasteiger partial charge in [0.2, 0.25) is 0 Å². The monoisotopic (exact) mass is 542 g/mol. The Hall–Kier alpha value is -2.71. The summed E-state index contributed by atoms with van der Waals surface area (Å²) >= 11 is 3.46. The van der Waals surface area contributed by atoms with E-state index in [0.717, 1.165) is 18.4 Å². The van der Waals surface area contributed by atoms with Gasteiger partial charge in [0.25, 0.3) is 5.56 Å². The van der Waals surface area contributed by atoms with E-state index in [0.29, 0.717) is 45.8 Å². The molecule has 1 N–H and O–H groups in total. The van der Waals surface area contributed by atoms with Crippen LogP contribution in [0.5, 0.6) is 0 Å². The van der Waals surface area contributed by atoms with Crippen LogP contribution < -0.4 is 5.56 Å². The number of aliphatic hydroxyl groups is 1. The predicted molar refractivity (Wildman–Crippen MR) is 136 cm³/mol. The molecular weight excluding hydrogens is 515 g/mol. The first-order valence-corrected chi connectivity index (χ1v) is 12.6. The van der Waals surface area contributed by atoms with Crippen molar-refractivity contribution >= 4 is 32.8 Å². The number of likely N-dealkylation sites (tertiary alicyclic amines) is 1. The van der Waals surface area contributed by atoms with Crippen molar-refractivity contribution in [3.8, 4) is 5.69 Å². The van der Waals surface area contributed by atoms with Crippen molar-refractivity contribution in [2.75, 3.05) is 13.1 Å². The number of amides is 1. The largest absolute Gasteiger partial charge is 0.444 e. The SMILES string of the molecule is CC(C)(C)OC(=O)N1CC(c2cc3cc(C4CC4)cc(F)c3c(=O)n2-c2cccc(Br)c2CO)C1. The maximum absolute atomic E-state index is 15.3. The number of pyridine rings is 1. The van der Waals surface area contributed by atoms with Crippen LogP contribution in [0.25, 0.3) is 16.5 Å². The minimum atomic E-state index is -0.601. The van der Waals surface area contributed by atoms with E-state index in [2.05, 4.69) is 15.9 Å². The summed E-state index contributed by atoms with van der Waals surface area (Å²) in [4.78, 5) is 27.9. The third kappa shape index (κ3) is 4.49. The van der Waals surface area contributed by atoms with Crippen molar-refractivity contribution in [2.24, 2.45) is 0 Å². The standard InChI is InChI=1S/C27H28BrFN2O4/c1-27(2,3)35-26(34)30-12-18(13-30)23-11-17-9-16(15-7-8-15)10-21(29)24(17)25(33)31(23)22-6-4-5-20(28)19(22)14-32/h4-6,9-11,15,18,32H,7-8,12-14H2,1-3H3. The maximum Gasteiger partial charge on any atom is 0.410 e. The fraction of sp³-hybridized carbons (Fsp3) is 0.407. The number of halogens is 2. The van der Waals surface area contributed by atoms with Crippen molar-refractivity contribution in [3.63, 3.8) is 0 Å². The molecule has 5 rings (SSSR count). The molecule has 1 saturated carbocycles. The zero-order valence-corrected chi connectivity index (χ0v) is 21.6. The van der Waals surface area contributed by atoms with Crippen molar-refractivity contribution in [2.45, 2.75) is 57.7 Å². The van der Waals surface area contributed by atoms with Gasteiger partial charge >= 0.3 is 6.09 Å². The quantitative estimate of drug-likeness (QED) is 0.466. The molecule has 2 fully saturated rings.